The molecule has 5 rings (SSSR count). The number of para-hydroxylation sites is 2. The van der Waals surface area contributed by atoms with Gasteiger partial charge < -0.3 is 4.90 Å². The van der Waals surface area contributed by atoms with Crippen molar-refractivity contribution in [3.63, 3.8) is 0 Å². The van der Waals surface area contributed by atoms with Crippen molar-refractivity contribution in [1.29, 1.82) is 0 Å². The van der Waals surface area contributed by atoms with E-state index in [1.807, 2.05) is 54.9 Å². The summed E-state index contributed by atoms with van der Waals surface area (Å²) in [5.41, 5.74) is 3.47. The zero-order valence-electron chi connectivity index (χ0n) is 18.0. The van der Waals surface area contributed by atoms with E-state index >= 15 is 0 Å². The average molecular weight is 449 g/mol. The van der Waals surface area contributed by atoms with Gasteiger partial charge in [0.2, 0.25) is 10.0 Å². The van der Waals surface area contributed by atoms with Crippen LogP contribution in [0.2, 0.25) is 0 Å². The smallest absolute Gasteiger partial charge is 0.243 e. The van der Waals surface area contributed by atoms with Crippen molar-refractivity contribution in [2.75, 3.05) is 31.1 Å². The molecule has 1 fully saturated rings. The molecule has 0 radical (unpaired) electrons. The maximum Gasteiger partial charge on any atom is 0.243 e. The third-order valence-corrected chi connectivity index (χ3v) is 7.58. The lowest BCUT2D eigenvalue weighted by atomic mass is 10.3. The number of anilines is 1. The Labute approximate surface area is 187 Å². The van der Waals surface area contributed by atoms with E-state index in [0.29, 0.717) is 42.7 Å². The van der Waals surface area contributed by atoms with Crippen molar-refractivity contribution in [2.24, 2.45) is 0 Å². The van der Waals surface area contributed by atoms with Crippen LogP contribution < -0.4 is 4.90 Å². The van der Waals surface area contributed by atoms with Crippen LogP contribution in [-0.2, 0) is 10.0 Å². The van der Waals surface area contributed by atoms with Gasteiger partial charge >= 0.3 is 0 Å². The van der Waals surface area contributed by atoms with Crippen molar-refractivity contribution < 1.29 is 8.42 Å². The van der Waals surface area contributed by atoms with Crippen molar-refractivity contribution in [1.82, 2.24) is 24.1 Å². The van der Waals surface area contributed by atoms with Gasteiger partial charge in [0, 0.05) is 31.9 Å². The molecular formula is C23H24N6O2S. The van der Waals surface area contributed by atoms with Crippen LogP contribution in [0.15, 0.2) is 65.6 Å². The second kappa shape index (κ2) is 7.99. The zero-order chi connectivity index (χ0) is 22.3. The molecule has 0 aliphatic carbocycles. The highest BCUT2D eigenvalue weighted by Gasteiger charge is 2.30. The highest BCUT2D eigenvalue weighted by atomic mass is 32.2. The van der Waals surface area contributed by atoms with E-state index < -0.39 is 10.0 Å². The van der Waals surface area contributed by atoms with Crippen LogP contribution in [0.25, 0.3) is 16.9 Å². The molecule has 32 heavy (non-hydrogen) atoms. The van der Waals surface area contributed by atoms with Gasteiger partial charge in [-0.05, 0) is 44.2 Å². The maximum atomic E-state index is 13.0. The summed E-state index contributed by atoms with van der Waals surface area (Å²) in [6.45, 7) is 5.73. The van der Waals surface area contributed by atoms with Gasteiger partial charge in [0.25, 0.3) is 0 Å². The molecule has 3 heterocycles. The molecule has 2 aromatic carbocycles. The normalized spacial score (nSPS) is 15.4. The average Bonchev–Trinajstić information content (AvgIpc) is 3.16. The van der Waals surface area contributed by atoms with Gasteiger partial charge in [-0.1, -0.05) is 30.3 Å². The fourth-order valence-electron chi connectivity index (χ4n) is 4.06. The van der Waals surface area contributed by atoms with Crippen LogP contribution in [0.3, 0.4) is 0 Å². The molecule has 1 saturated heterocycles. The Morgan fingerprint density at radius 2 is 1.38 bits per heavy atom. The Morgan fingerprint density at radius 3 is 1.97 bits per heavy atom. The van der Waals surface area contributed by atoms with Crippen LogP contribution >= 0.6 is 0 Å². The summed E-state index contributed by atoms with van der Waals surface area (Å²) in [7, 11) is -3.51. The van der Waals surface area contributed by atoms with E-state index in [0.717, 1.165) is 22.4 Å². The topological polar surface area (TPSA) is 84.2 Å². The van der Waals surface area contributed by atoms with E-state index in [1.165, 1.54) is 4.31 Å². The number of hydrogen-bond acceptors (Lipinski definition) is 6. The van der Waals surface area contributed by atoms with E-state index in [-0.39, 0.29) is 0 Å². The largest absolute Gasteiger partial charge is 0.351 e. The maximum absolute atomic E-state index is 13.0. The minimum Gasteiger partial charge on any atom is -0.351 e. The number of aromatic nitrogens is 4. The van der Waals surface area contributed by atoms with E-state index in [2.05, 4.69) is 10.00 Å². The minimum atomic E-state index is -3.51. The summed E-state index contributed by atoms with van der Waals surface area (Å²) < 4.78 is 29.4. The quantitative estimate of drug-likeness (QED) is 0.477. The highest BCUT2D eigenvalue weighted by Crippen LogP contribution is 2.27. The first-order valence-electron chi connectivity index (χ1n) is 10.5. The molecular weight excluding hydrogens is 424 g/mol. The lowest BCUT2D eigenvalue weighted by Gasteiger charge is -2.35. The van der Waals surface area contributed by atoms with Gasteiger partial charge in [0.15, 0.2) is 11.6 Å². The number of benzene rings is 2. The summed E-state index contributed by atoms with van der Waals surface area (Å²) in [4.78, 5) is 12.2. The van der Waals surface area contributed by atoms with Crippen molar-refractivity contribution in [3.8, 4) is 5.82 Å². The molecule has 1 aliphatic heterocycles. The van der Waals surface area contributed by atoms with Crippen LogP contribution in [0.5, 0.6) is 0 Å². The highest BCUT2D eigenvalue weighted by molar-refractivity contribution is 7.89. The summed E-state index contributed by atoms with van der Waals surface area (Å²) in [6.07, 6.45) is 0. The minimum absolute atomic E-state index is 0.322. The number of piperazine rings is 1. The standard InChI is InChI=1S/C23H24N6O2S/c1-17-16-18(2)29(26-17)23-22(24-20-10-6-7-11-21(20)25-23)27-12-14-28(15-13-27)32(30,31)19-8-4-3-5-9-19/h3-11,16H,12-15H2,1-2H3. The fraction of sp³-hybridized carbons (Fsp3) is 0.261. The number of rotatable bonds is 4. The number of hydrogen-bond donors (Lipinski definition) is 0. The van der Waals surface area contributed by atoms with Gasteiger partial charge in [-0.15, -0.1) is 0 Å². The molecule has 0 N–H and O–H groups in total. The van der Waals surface area contributed by atoms with Crippen molar-refractivity contribution in [2.45, 2.75) is 18.7 Å². The lowest BCUT2D eigenvalue weighted by Crippen LogP contribution is -2.49. The number of sulfonamides is 1. The molecule has 164 valence electrons. The first kappa shape index (κ1) is 20.6. The summed E-state index contributed by atoms with van der Waals surface area (Å²) in [5, 5.41) is 4.62. The second-order valence-corrected chi connectivity index (χ2v) is 9.84. The van der Waals surface area contributed by atoms with Gasteiger partial charge in [0.1, 0.15) is 0 Å². The molecule has 2 aromatic heterocycles. The predicted molar refractivity (Wildman–Crippen MR) is 124 cm³/mol. The van der Waals surface area contributed by atoms with E-state index in [9.17, 15) is 8.42 Å². The summed E-state index contributed by atoms with van der Waals surface area (Å²) >= 11 is 0. The number of nitrogens with zero attached hydrogens (tertiary/aromatic N) is 6. The Balaban J connectivity index is 1.49. The fourth-order valence-corrected chi connectivity index (χ4v) is 5.50. The first-order valence-corrected chi connectivity index (χ1v) is 12.0. The summed E-state index contributed by atoms with van der Waals surface area (Å²) in [6, 6.07) is 18.3. The zero-order valence-corrected chi connectivity index (χ0v) is 18.8. The molecule has 4 aromatic rings. The Morgan fingerprint density at radius 1 is 0.781 bits per heavy atom. The Bertz CT molecular complexity index is 1380. The Hall–Kier alpha value is -3.30. The first-order chi connectivity index (χ1) is 15.4. The summed E-state index contributed by atoms with van der Waals surface area (Å²) in [5.74, 6) is 1.38. The monoisotopic (exact) mass is 448 g/mol. The van der Waals surface area contributed by atoms with Crippen LogP contribution in [-0.4, -0.2) is 58.7 Å². The third-order valence-electron chi connectivity index (χ3n) is 5.66. The van der Waals surface area contributed by atoms with Crippen molar-refractivity contribution >= 4 is 26.9 Å². The van der Waals surface area contributed by atoms with Gasteiger partial charge in [0.05, 0.1) is 21.6 Å². The SMILES string of the molecule is Cc1cc(C)n(-c2nc3ccccc3nc2N2CCN(S(=O)(=O)c3ccccc3)CC2)n1. The van der Waals surface area contributed by atoms with Gasteiger partial charge in [-0.2, -0.15) is 9.40 Å². The molecule has 9 heteroatoms. The predicted octanol–water partition coefficient (Wildman–Crippen LogP) is 2.94. The Kier molecular flexibility index (Phi) is 5.15. The molecule has 0 bridgehead atoms. The van der Waals surface area contributed by atoms with Crippen LogP contribution in [0.4, 0.5) is 5.82 Å². The van der Waals surface area contributed by atoms with Gasteiger partial charge in [-0.3, -0.25) is 0 Å². The molecule has 0 saturated carbocycles. The van der Waals surface area contributed by atoms with Crippen molar-refractivity contribution in [3.05, 3.63) is 72.1 Å². The van der Waals surface area contributed by atoms with E-state index in [1.54, 1.807) is 24.3 Å². The van der Waals surface area contributed by atoms with Crippen LogP contribution in [0, 0.1) is 13.8 Å². The second-order valence-electron chi connectivity index (χ2n) is 7.90. The van der Waals surface area contributed by atoms with E-state index in [4.69, 9.17) is 9.97 Å². The molecule has 0 atom stereocenters. The molecule has 0 spiro atoms. The number of fused-ring (bicyclic) bond motifs is 1. The molecule has 0 unspecified atom stereocenters. The van der Waals surface area contributed by atoms with Crippen LogP contribution in [0.1, 0.15) is 11.4 Å². The molecule has 1 aliphatic rings. The molecule has 0 amide bonds. The third kappa shape index (κ3) is 3.63. The lowest BCUT2D eigenvalue weighted by molar-refractivity contribution is 0.383. The number of aryl methyl sites for hydroxylation is 2. The van der Waals surface area contributed by atoms with Gasteiger partial charge in [-0.25, -0.2) is 23.1 Å². The molecule has 8 nitrogen and oxygen atoms in total.